The zero-order chi connectivity index (χ0) is 19.9. The molecule has 0 spiro atoms. The van der Waals surface area contributed by atoms with Gasteiger partial charge in [0.2, 0.25) is 0 Å². The summed E-state index contributed by atoms with van der Waals surface area (Å²) in [6, 6.07) is 7.44. The molecule has 0 aliphatic heterocycles. The molecule has 1 unspecified atom stereocenters. The molecule has 0 fully saturated rings. The third kappa shape index (κ3) is 4.18. The number of carboxylic acid groups (broad SMARTS) is 1. The number of carbonyl (C=O) groups is 1. The molecule has 2 aromatic heterocycles. The number of fused-ring (bicyclic) bond motifs is 1. The summed E-state index contributed by atoms with van der Waals surface area (Å²) in [4.78, 5) is 16.6. The SMILES string of the molecule is Cc1cn2cc(-c3cccc(Cl)c3)nc2c(Br)c1C(OC(C)(C)C)C(=O)O. The molecule has 2 heterocycles. The van der Waals surface area contributed by atoms with Crippen molar-refractivity contribution in [3.05, 3.63) is 57.3 Å². The van der Waals surface area contributed by atoms with Gasteiger partial charge >= 0.3 is 5.97 Å². The molecule has 0 saturated heterocycles. The van der Waals surface area contributed by atoms with Crippen molar-refractivity contribution in [2.45, 2.75) is 39.4 Å². The van der Waals surface area contributed by atoms with Gasteiger partial charge in [0.15, 0.2) is 11.8 Å². The highest BCUT2D eigenvalue weighted by Crippen LogP contribution is 2.36. The summed E-state index contributed by atoms with van der Waals surface area (Å²) in [7, 11) is 0. The number of halogens is 2. The molecular weight excluding hydrogens is 432 g/mol. The predicted molar refractivity (Wildman–Crippen MR) is 109 cm³/mol. The molecule has 0 bridgehead atoms. The smallest absolute Gasteiger partial charge is 0.337 e. The molecule has 0 saturated carbocycles. The first-order chi connectivity index (χ1) is 12.6. The maximum absolute atomic E-state index is 11.9. The lowest BCUT2D eigenvalue weighted by Crippen LogP contribution is -2.28. The Bertz CT molecular complexity index is 1020. The Kier molecular flexibility index (Phi) is 5.34. The number of hydrogen-bond acceptors (Lipinski definition) is 3. The molecule has 0 aliphatic rings. The van der Waals surface area contributed by atoms with Crippen LogP contribution in [0.15, 0.2) is 41.1 Å². The molecule has 3 aromatic rings. The second kappa shape index (κ2) is 7.26. The molecule has 3 rings (SSSR count). The maximum atomic E-state index is 11.9. The first kappa shape index (κ1) is 19.9. The highest BCUT2D eigenvalue weighted by Gasteiger charge is 2.31. The van der Waals surface area contributed by atoms with Crippen LogP contribution in [0.5, 0.6) is 0 Å². The summed E-state index contributed by atoms with van der Waals surface area (Å²) < 4.78 is 8.29. The van der Waals surface area contributed by atoms with Gasteiger partial charge in [0, 0.05) is 28.5 Å². The number of carboxylic acids is 1. The fourth-order valence-electron chi connectivity index (χ4n) is 2.92. The van der Waals surface area contributed by atoms with Crippen molar-refractivity contribution < 1.29 is 14.6 Å². The van der Waals surface area contributed by atoms with Gasteiger partial charge in [-0.1, -0.05) is 23.7 Å². The summed E-state index contributed by atoms with van der Waals surface area (Å²) in [5.41, 5.74) is 3.00. The second-order valence-electron chi connectivity index (χ2n) is 7.36. The third-order valence-corrected chi connectivity index (χ3v) is 5.02. The highest BCUT2D eigenvalue weighted by atomic mass is 79.9. The number of aryl methyl sites for hydroxylation is 1. The van der Waals surface area contributed by atoms with Crippen molar-refractivity contribution in [3.8, 4) is 11.3 Å². The van der Waals surface area contributed by atoms with Crippen molar-refractivity contribution in [3.63, 3.8) is 0 Å². The van der Waals surface area contributed by atoms with Gasteiger partial charge in [-0.25, -0.2) is 9.78 Å². The zero-order valence-electron chi connectivity index (χ0n) is 15.5. The first-order valence-corrected chi connectivity index (χ1v) is 9.58. The average Bonchev–Trinajstić information content (AvgIpc) is 2.97. The average molecular weight is 452 g/mol. The van der Waals surface area contributed by atoms with Crippen LogP contribution >= 0.6 is 27.5 Å². The number of nitrogens with zero attached hydrogens (tertiary/aromatic N) is 2. The van der Waals surface area contributed by atoms with E-state index in [0.29, 0.717) is 20.7 Å². The predicted octanol–water partition coefficient (Wildman–Crippen LogP) is 5.67. The molecule has 1 N–H and O–H groups in total. The van der Waals surface area contributed by atoms with Gasteiger partial charge in [0.25, 0.3) is 0 Å². The third-order valence-electron chi connectivity index (χ3n) is 4.00. The van der Waals surface area contributed by atoms with E-state index < -0.39 is 17.7 Å². The fraction of sp³-hybridized carbons (Fsp3) is 0.300. The topological polar surface area (TPSA) is 63.8 Å². The van der Waals surface area contributed by atoms with E-state index in [0.717, 1.165) is 16.8 Å². The minimum Gasteiger partial charge on any atom is -0.479 e. The normalized spacial score (nSPS) is 13.1. The van der Waals surface area contributed by atoms with Crippen LogP contribution in [0.4, 0.5) is 0 Å². The van der Waals surface area contributed by atoms with Crippen LogP contribution in [0.1, 0.15) is 38.0 Å². The molecular formula is C20H20BrClN2O3. The van der Waals surface area contributed by atoms with E-state index in [1.165, 1.54) is 0 Å². The Hall–Kier alpha value is -1.89. The molecule has 27 heavy (non-hydrogen) atoms. The van der Waals surface area contributed by atoms with Gasteiger partial charge < -0.3 is 14.2 Å². The van der Waals surface area contributed by atoms with Crippen LogP contribution in [0.25, 0.3) is 16.9 Å². The molecule has 0 amide bonds. The van der Waals surface area contributed by atoms with Crippen LogP contribution in [-0.4, -0.2) is 26.1 Å². The minimum atomic E-state index is -1.10. The van der Waals surface area contributed by atoms with E-state index in [-0.39, 0.29) is 0 Å². The van der Waals surface area contributed by atoms with E-state index in [1.54, 1.807) is 6.07 Å². The Labute approximate surface area is 171 Å². The number of pyridine rings is 1. The van der Waals surface area contributed by atoms with Gasteiger partial charge in [0.05, 0.1) is 15.8 Å². The molecule has 0 radical (unpaired) electrons. The quantitative estimate of drug-likeness (QED) is 0.555. The number of imidazole rings is 1. The number of ether oxygens (including phenoxy) is 1. The summed E-state index contributed by atoms with van der Waals surface area (Å²) in [5, 5.41) is 10.4. The van der Waals surface area contributed by atoms with Crippen molar-refractivity contribution in [2.24, 2.45) is 0 Å². The van der Waals surface area contributed by atoms with Gasteiger partial charge in [0.1, 0.15) is 0 Å². The highest BCUT2D eigenvalue weighted by molar-refractivity contribution is 9.10. The Morgan fingerprint density at radius 3 is 2.63 bits per heavy atom. The first-order valence-electron chi connectivity index (χ1n) is 8.41. The zero-order valence-corrected chi connectivity index (χ0v) is 17.8. The van der Waals surface area contributed by atoms with Crippen molar-refractivity contribution in [1.82, 2.24) is 9.38 Å². The minimum absolute atomic E-state index is 0.563. The summed E-state index contributed by atoms with van der Waals surface area (Å²) in [5.74, 6) is -1.04. The van der Waals surface area contributed by atoms with E-state index in [2.05, 4.69) is 20.9 Å². The van der Waals surface area contributed by atoms with Crippen molar-refractivity contribution in [1.29, 1.82) is 0 Å². The second-order valence-corrected chi connectivity index (χ2v) is 8.59. The van der Waals surface area contributed by atoms with Crippen LogP contribution in [0.3, 0.4) is 0 Å². The molecule has 0 aliphatic carbocycles. The molecule has 5 nitrogen and oxygen atoms in total. The Balaban J connectivity index is 2.17. The summed E-state index contributed by atoms with van der Waals surface area (Å²) >= 11 is 9.64. The largest absolute Gasteiger partial charge is 0.479 e. The van der Waals surface area contributed by atoms with Gasteiger partial charge in [-0.05, 0) is 61.3 Å². The van der Waals surface area contributed by atoms with E-state index in [9.17, 15) is 9.90 Å². The van der Waals surface area contributed by atoms with Crippen molar-refractivity contribution >= 4 is 39.1 Å². The van der Waals surface area contributed by atoms with Crippen molar-refractivity contribution in [2.75, 3.05) is 0 Å². The lowest BCUT2D eigenvalue weighted by Gasteiger charge is -2.26. The number of rotatable bonds is 4. The van der Waals surface area contributed by atoms with Crippen LogP contribution in [0, 0.1) is 6.92 Å². The Morgan fingerprint density at radius 2 is 2.04 bits per heavy atom. The number of benzene rings is 1. The van der Waals surface area contributed by atoms with E-state index in [4.69, 9.17) is 16.3 Å². The Morgan fingerprint density at radius 1 is 1.33 bits per heavy atom. The van der Waals surface area contributed by atoms with Gasteiger partial charge in [-0.15, -0.1) is 0 Å². The lowest BCUT2D eigenvalue weighted by molar-refractivity contribution is -0.160. The summed E-state index contributed by atoms with van der Waals surface area (Å²) in [6.07, 6.45) is 2.65. The molecule has 1 atom stereocenters. The number of hydrogen-bond donors (Lipinski definition) is 1. The standard InChI is InChI=1S/C20H20BrClN2O3/c1-11-9-24-10-14(12-6-5-7-13(22)8-12)23-18(24)16(21)15(11)17(19(25)26)27-20(2,3)4/h5-10,17H,1-4H3,(H,25,26). The van der Waals surface area contributed by atoms with E-state index in [1.807, 2.05) is 62.7 Å². The lowest BCUT2D eigenvalue weighted by atomic mass is 10.0. The maximum Gasteiger partial charge on any atom is 0.337 e. The summed E-state index contributed by atoms with van der Waals surface area (Å²) in [6.45, 7) is 7.35. The van der Waals surface area contributed by atoms with Crippen LogP contribution in [0.2, 0.25) is 5.02 Å². The number of aliphatic carboxylic acids is 1. The van der Waals surface area contributed by atoms with Crippen LogP contribution < -0.4 is 0 Å². The van der Waals surface area contributed by atoms with Crippen LogP contribution in [-0.2, 0) is 9.53 Å². The number of aromatic nitrogens is 2. The van der Waals surface area contributed by atoms with Gasteiger partial charge in [-0.3, -0.25) is 0 Å². The monoisotopic (exact) mass is 450 g/mol. The molecule has 142 valence electrons. The molecule has 7 heteroatoms. The van der Waals surface area contributed by atoms with Gasteiger partial charge in [-0.2, -0.15) is 0 Å². The fourth-order valence-corrected chi connectivity index (χ4v) is 3.93. The molecule has 1 aromatic carbocycles. The van der Waals surface area contributed by atoms with E-state index >= 15 is 0 Å².